The first-order valence-electron chi connectivity index (χ1n) is 12.4. The molecule has 0 aliphatic heterocycles. The largest absolute Gasteiger partial charge is 0.545 e. The Morgan fingerprint density at radius 1 is 1.16 bits per heavy atom. The van der Waals surface area contributed by atoms with E-state index in [9.17, 15) is 31.5 Å². The molecule has 20 heteroatoms. The zero-order valence-electron chi connectivity index (χ0n) is 23.3. The Kier molecular flexibility index (Phi) is 16.3. The molecule has 0 aliphatic carbocycles. The van der Waals surface area contributed by atoms with E-state index in [1.165, 1.54) is 29.5 Å². The number of nitrogens with one attached hydrogen (secondary N) is 4. The van der Waals surface area contributed by atoms with E-state index in [0.717, 1.165) is 18.2 Å². The molecule has 16 nitrogen and oxygen atoms in total. The van der Waals surface area contributed by atoms with Crippen molar-refractivity contribution in [2.24, 2.45) is 16.5 Å². The third-order valence-electron chi connectivity index (χ3n) is 4.44. The van der Waals surface area contributed by atoms with Crippen LogP contribution in [0.4, 0.5) is 5.13 Å². The van der Waals surface area contributed by atoms with Crippen LogP contribution in [0.1, 0.15) is 26.0 Å². The van der Waals surface area contributed by atoms with Crippen molar-refractivity contribution in [2.45, 2.75) is 35.8 Å². The number of aliphatic carboxylic acids is 2. The van der Waals surface area contributed by atoms with E-state index in [1.54, 1.807) is 18.7 Å². The molecule has 0 saturated heterocycles. The van der Waals surface area contributed by atoms with Crippen LogP contribution in [0.15, 0.2) is 56.6 Å². The number of sulfonamides is 2. The van der Waals surface area contributed by atoms with Gasteiger partial charge in [0.25, 0.3) is 15.2 Å². The molecule has 0 radical (unpaired) electrons. The molecule has 0 bridgehead atoms. The highest BCUT2D eigenvalue weighted by atomic mass is 32.2. The lowest BCUT2D eigenvalue weighted by atomic mass is 10.4. The summed E-state index contributed by atoms with van der Waals surface area (Å²) in [7, 11) is -7.86. The summed E-state index contributed by atoms with van der Waals surface area (Å²) in [6, 6.07) is 5.16. The zero-order chi connectivity index (χ0) is 32.5. The van der Waals surface area contributed by atoms with Gasteiger partial charge in [-0.1, -0.05) is 31.3 Å². The number of guanidine groups is 2. The van der Waals surface area contributed by atoms with Gasteiger partial charge in [0.1, 0.15) is 5.69 Å². The Hall–Kier alpha value is -3.72. The van der Waals surface area contributed by atoms with Crippen molar-refractivity contribution in [3.8, 4) is 0 Å². The Balaban J connectivity index is 0.00000101. The van der Waals surface area contributed by atoms with Gasteiger partial charge in [-0.15, -0.1) is 4.98 Å². The van der Waals surface area contributed by atoms with Gasteiger partial charge in [0.05, 0.1) is 15.8 Å². The second-order valence-corrected chi connectivity index (χ2v) is 13.4. The number of aliphatic imine (C=N–C) groups is 1. The molecule has 0 amide bonds. The number of hydrogen-bond acceptors (Lipinski definition) is 11. The number of carbonyl (C=O) groups is 2. The fourth-order valence-electron chi connectivity index (χ4n) is 2.73. The number of hydrogen-bond donors (Lipinski definition) is 7. The van der Waals surface area contributed by atoms with Crippen LogP contribution in [0.25, 0.3) is 0 Å². The Labute approximate surface area is 257 Å². The van der Waals surface area contributed by atoms with Gasteiger partial charge >= 0.3 is 11.9 Å². The van der Waals surface area contributed by atoms with Crippen molar-refractivity contribution in [3.05, 3.63) is 47.5 Å². The van der Waals surface area contributed by atoms with Crippen LogP contribution in [0.3, 0.4) is 0 Å². The summed E-state index contributed by atoms with van der Waals surface area (Å²) >= 11 is 3.00. The number of nitrogens with zero attached hydrogens (tertiary/aromatic N) is 2. The first-order chi connectivity index (χ1) is 20.2. The highest BCUT2D eigenvalue weighted by Crippen LogP contribution is 2.17. The second kappa shape index (κ2) is 18.7. The summed E-state index contributed by atoms with van der Waals surface area (Å²) in [6.45, 7) is 4.62. The zero-order valence-corrected chi connectivity index (χ0v) is 26.5. The minimum atomic E-state index is -4.06. The predicted molar refractivity (Wildman–Crippen MR) is 162 cm³/mol. The monoisotopic (exact) mass is 678 g/mol. The van der Waals surface area contributed by atoms with Gasteiger partial charge in [0.15, 0.2) is 0 Å². The standard InChI is InChI=1S/C19H30N8O4S4.C4H4O4/c1-3-8-22-18(23-9-10-32-12-14-13-33-19(25-14)26-17(20)21)27-35(30,31)16-7-5-6-15(11-16)34(28,29)24-4-2;5-3(6)1-2-4(7)8/h5-7,11,13,24H,3-4,8-10,12H2,1-2H3,(H2,22,23,27)(H4,20,21,25,26);1-2H,(H,5,6)(H,7,8)/b;2-1+. The fourth-order valence-corrected chi connectivity index (χ4v) is 6.52. The van der Waals surface area contributed by atoms with Crippen molar-refractivity contribution in [1.82, 2.24) is 19.7 Å². The highest BCUT2D eigenvalue weighted by molar-refractivity contribution is 7.98. The lowest BCUT2D eigenvalue weighted by molar-refractivity contribution is -0.355. The number of carboxylic acid groups (broad SMARTS) is 2. The molecular formula is C23H34N8O8S4. The maximum absolute atomic E-state index is 12.9. The quantitative estimate of drug-likeness (QED) is 0.0440. The van der Waals surface area contributed by atoms with Crippen LogP contribution in [0, 0.1) is 0 Å². The van der Waals surface area contributed by atoms with Gasteiger partial charge in [-0.05, 0) is 30.7 Å². The molecule has 238 valence electrons. The third-order valence-corrected chi connectivity index (χ3v) is 9.12. The predicted octanol–water partition coefficient (Wildman–Crippen LogP) is -2.63. The van der Waals surface area contributed by atoms with Crippen LogP contribution >= 0.6 is 23.1 Å². The smallest absolute Gasteiger partial charge is 0.328 e. The molecule has 0 atom stereocenters. The third kappa shape index (κ3) is 15.4. The normalized spacial score (nSPS) is 11.8. The van der Waals surface area contributed by atoms with Crippen molar-refractivity contribution >= 4 is 72.1 Å². The number of nitrogens with two attached hydrogens (primary N) is 2. The van der Waals surface area contributed by atoms with Gasteiger partial charge in [0, 0.05) is 42.6 Å². The first-order valence-corrected chi connectivity index (χ1v) is 17.4. The number of aromatic nitrogens is 1. The van der Waals surface area contributed by atoms with Crippen molar-refractivity contribution in [1.29, 1.82) is 0 Å². The van der Waals surface area contributed by atoms with Gasteiger partial charge in [-0.3, -0.25) is 4.99 Å². The van der Waals surface area contributed by atoms with Crippen LogP contribution < -0.4 is 36.3 Å². The second-order valence-electron chi connectivity index (χ2n) is 8.01. The van der Waals surface area contributed by atoms with Crippen molar-refractivity contribution in [2.75, 3.05) is 25.4 Å². The van der Waals surface area contributed by atoms with Crippen LogP contribution in [0.5, 0.6) is 0 Å². The van der Waals surface area contributed by atoms with Gasteiger partial charge in [-0.25, -0.2) is 36.1 Å². The minimum Gasteiger partial charge on any atom is -0.545 e. The SMILES string of the molecule is CCCN=C(NCCSCc1csc([NH+]=C(N)N)n1)NS(=O)(=O)c1cccc(S(=O)(=O)NCC)c1.O=C([O-])/C=C/C(=O)O. The van der Waals surface area contributed by atoms with Gasteiger partial charge < -0.3 is 31.8 Å². The van der Waals surface area contributed by atoms with E-state index in [2.05, 4.69) is 29.7 Å². The lowest BCUT2D eigenvalue weighted by Gasteiger charge is -2.13. The molecule has 1 heterocycles. The molecule has 2 rings (SSSR count). The average Bonchev–Trinajstić information content (AvgIpc) is 3.36. The average molecular weight is 679 g/mol. The van der Waals surface area contributed by atoms with Crippen molar-refractivity contribution in [3.63, 3.8) is 0 Å². The molecule has 0 saturated carbocycles. The molecule has 1 aromatic carbocycles. The van der Waals surface area contributed by atoms with Crippen LogP contribution in [0.2, 0.25) is 0 Å². The van der Waals surface area contributed by atoms with Gasteiger partial charge in [0.2, 0.25) is 16.0 Å². The van der Waals surface area contributed by atoms with E-state index in [1.807, 2.05) is 12.3 Å². The Morgan fingerprint density at radius 2 is 1.84 bits per heavy atom. The highest BCUT2D eigenvalue weighted by Gasteiger charge is 2.20. The number of thiazole rings is 1. The molecule has 1 aromatic heterocycles. The Bertz CT molecular complexity index is 1500. The molecule has 0 spiro atoms. The van der Waals surface area contributed by atoms with Crippen molar-refractivity contribution < 1.29 is 41.6 Å². The maximum Gasteiger partial charge on any atom is 0.328 e. The van der Waals surface area contributed by atoms with E-state index >= 15 is 0 Å². The molecule has 2 aromatic rings. The van der Waals surface area contributed by atoms with Crippen LogP contribution in [-0.4, -0.2) is 76.2 Å². The number of rotatable bonds is 15. The lowest BCUT2D eigenvalue weighted by Crippen LogP contribution is -2.72. The minimum absolute atomic E-state index is 0.0788. The molecule has 0 aliphatic rings. The van der Waals surface area contributed by atoms with E-state index < -0.39 is 32.0 Å². The molecule has 43 heavy (non-hydrogen) atoms. The summed E-state index contributed by atoms with van der Waals surface area (Å²) in [6.07, 6.45) is 1.67. The molecular weight excluding hydrogens is 645 g/mol. The van der Waals surface area contributed by atoms with Crippen LogP contribution in [-0.2, 0) is 35.4 Å². The Morgan fingerprint density at radius 3 is 2.40 bits per heavy atom. The summed E-state index contributed by atoms with van der Waals surface area (Å²) in [5.41, 5.74) is 11.7. The summed E-state index contributed by atoms with van der Waals surface area (Å²) in [5.74, 6) is -1.31. The number of benzene rings is 1. The molecule has 0 fully saturated rings. The summed E-state index contributed by atoms with van der Waals surface area (Å²) in [5, 5.41) is 22.7. The summed E-state index contributed by atoms with van der Waals surface area (Å²) in [4.78, 5) is 30.0. The number of carboxylic acids is 2. The van der Waals surface area contributed by atoms with E-state index in [4.69, 9.17) is 16.6 Å². The molecule has 9 N–H and O–H groups in total. The van der Waals surface area contributed by atoms with Gasteiger partial charge in [-0.2, -0.15) is 11.8 Å². The van der Waals surface area contributed by atoms with E-state index in [-0.39, 0.29) is 28.3 Å². The fraction of sp³-hybridized carbons (Fsp3) is 0.348. The number of thioether (sulfide) groups is 1. The molecule has 0 unspecified atom stereocenters. The number of carbonyl (C=O) groups excluding carboxylic acids is 1. The first kappa shape index (κ1) is 37.3. The van der Waals surface area contributed by atoms with E-state index in [0.29, 0.717) is 41.9 Å². The maximum atomic E-state index is 12.9. The topological polar surface area (TPSA) is 273 Å². The summed E-state index contributed by atoms with van der Waals surface area (Å²) < 4.78 is 55.1.